The smallest absolute Gasteiger partial charge is 0.292 e. The molecule has 154 valence electrons. The van der Waals surface area contributed by atoms with Crippen molar-refractivity contribution >= 4 is 22.7 Å². The minimum atomic E-state index is -0.530. The summed E-state index contributed by atoms with van der Waals surface area (Å²) in [5, 5.41) is 10.9. The van der Waals surface area contributed by atoms with Gasteiger partial charge in [-0.1, -0.05) is 13.8 Å². The van der Waals surface area contributed by atoms with Crippen LogP contribution in [0.25, 0.3) is 22.2 Å². The second kappa shape index (κ2) is 7.98. The zero-order chi connectivity index (χ0) is 21.3. The Bertz CT molecular complexity index is 1200. The Morgan fingerprint density at radius 2 is 1.93 bits per heavy atom. The Morgan fingerprint density at radius 1 is 1.17 bits per heavy atom. The van der Waals surface area contributed by atoms with E-state index in [0.717, 1.165) is 5.75 Å². The fourth-order valence-corrected chi connectivity index (χ4v) is 3.01. The van der Waals surface area contributed by atoms with E-state index >= 15 is 0 Å². The summed E-state index contributed by atoms with van der Waals surface area (Å²) in [5.74, 6) is 0.452. The summed E-state index contributed by atoms with van der Waals surface area (Å²) in [5.41, 5.74) is 2.03. The SMILES string of the molecule is Cc1c(C(=O)Nc2nonc2-c2ccc(OCC(C)C)cc2)oc2ccc(F)cc12. The van der Waals surface area contributed by atoms with Gasteiger partial charge in [0.05, 0.1) is 6.61 Å². The molecule has 0 saturated heterocycles. The largest absolute Gasteiger partial charge is 0.493 e. The van der Waals surface area contributed by atoms with Crippen molar-refractivity contribution in [1.82, 2.24) is 10.3 Å². The highest BCUT2D eigenvalue weighted by Crippen LogP contribution is 2.29. The molecule has 0 aliphatic heterocycles. The molecule has 0 aliphatic rings. The van der Waals surface area contributed by atoms with Crippen molar-refractivity contribution in [2.24, 2.45) is 5.92 Å². The average molecular weight is 409 g/mol. The van der Waals surface area contributed by atoms with Crippen molar-refractivity contribution in [1.29, 1.82) is 0 Å². The average Bonchev–Trinajstić information content (AvgIpc) is 3.31. The molecule has 30 heavy (non-hydrogen) atoms. The van der Waals surface area contributed by atoms with E-state index in [4.69, 9.17) is 13.8 Å². The van der Waals surface area contributed by atoms with E-state index < -0.39 is 11.7 Å². The summed E-state index contributed by atoms with van der Waals surface area (Å²) in [6.07, 6.45) is 0. The Kier molecular flexibility index (Phi) is 5.22. The van der Waals surface area contributed by atoms with Crippen LogP contribution in [0.3, 0.4) is 0 Å². The van der Waals surface area contributed by atoms with E-state index in [-0.39, 0.29) is 11.6 Å². The predicted molar refractivity (Wildman–Crippen MR) is 109 cm³/mol. The number of ether oxygens (including phenoxy) is 1. The van der Waals surface area contributed by atoms with Crippen LogP contribution in [-0.4, -0.2) is 22.8 Å². The van der Waals surface area contributed by atoms with E-state index in [1.54, 1.807) is 19.1 Å². The number of benzene rings is 2. The topological polar surface area (TPSA) is 90.4 Å². The number of anilines is 1. The van der Waals surface area contributed by atoms with Gasteiger partial charge in [0.2, 0.25) is 5.82 Å². The second-order valence-electron chi connectivity index (χ2n) is 7.34. The minimum absolute atomic E-state index is 0.0713. The van der Waals surface area contributed by atoms with Crippen LogP contribution in [0.4, 0.5) is 10.2 Å². The van der Waals surface area contributed by atoms with Gasteiger partial charge in [-0.05, 0) is 65.6 Å². The Balaban J connectivity index is 1.55. The van der Waals surface area contributed by atoms with E-state index in [1.165, 1.54) is 18.2 Å². The number of nitrogens with one attached hydrogen (secondary N) is 1. The molecule has 4 aromatic rings. The fourth-order valence-electron chi connectivity index (χ4n) is 3.01. The Hall–Kier alpha value is -3.68. The van der Waals surface area contributed by atoms with Crippen LogP contribution in [0.1, 0.15) is 30.0 Å². The van der Waals surface area contributed by atoms with Gasteiger partial charge in [0.1, 0.15) is 17.1 Å². The van der Waals surface area contributed by atoms with Gasteiger partial charge >= 0.3 is 0 Å². The van der Waals surface area contributed by atoms with Crippen molar-refractivity contribution in [3.05, 3.63) is 59.6 Å². The summed E-state index contributed by atoms with van der Waals surface area (Å²) < 4.78 is 29.6. The number of rotatable bonds is 6. The van der Waals surface area contributed by atoms with Gasteiger partial charge in [-0.15, -0.1) is 0 Å². The lowest BCUT2D eigenvalue weighted by atomic mass is 10.1. The minimum Gasteiger partial charge on any atom is -0.493 e. The van der Waals surface area contributed by atoms with E-state index in [0.29, 0.717) is 40.3 Å². The highest BCUT2D eigenvalue weighted by molar-refractivity contribution is 6.07. The first-order valence-corrected chi connectivity index (χ1v) is 9.48. The van der Waals surface area contributed by atoms with Gasteiger partial charge < -0.3 is 9.15 Å². The van der Waals surface area contributed by atoms with Crippen LogP contribution in [0.15, 0.2) is 51.5 Å². The van der Waals surface area contributed by atoms with Gasteiger partial charge in [-0.25, -0.2) is 9.02 Å². The Morgan fingerprint density at radius 3 is 2.67 bits per heavy atom. The number of aryl methyl sites for hydroxylation is 1. The molecule has 0 spiro atoms. The van der Waals surface area contributed by atoms with Crippen LogP contribution in [0, 0.1) is 18.7 Å². The van der Waals surface area contributed by atoms with Gasteiger partial charge in [0, 0.05) is 16.5 Å². The number of nitrogens with zero attached hydrogens (tertiary/aromatic N) is 2. The molecule has 4 rings (SSSR count). The number of carbonyl (C=O) groups excluding carboxylic acids is 1. The van der Waals surface area contributed by atoms with E-state index in [9.17, 15) is 9.18 Å². The molecule has 7 nitrogen and oxygen atoms in total. The van der Waals surface area contributed by atoms with Gasteiger partial charge in [-0.3, -0.25) is 10.1 Å². The number of hydrogen-bond donors (Lipinski definition) is 1. The van der Waals surface area contributed by atoms with Crippen LogP contribution in [0.2, 0.25) is 0 Å². The zero-order valence-electron chi connectivity index (χ0n) is 16.7. The normalized spacial score (nSPS) is 11.2. The number of halogens is 1. The van der Waals surface area contributed by atoms with Crippen molar-refractivity contribution in [2.45, 2.75) is 20.8 Å². The fraction of sp³-hybridized carbons (Fsp3) is 0.227. The molecule has 0 saturated carbocycles. The number of aromatic nitrogens is 2. The maximum Gasteiger partial charge on any atom is 0.292 e. The highest BCUT2D eigenvalue weighted by atomic mass is 19.1. The molecule has 2 aromatic heterocycles. The third-order valence-electron chi connectivity index (χ3n) is 4.54. The zero-order valence-corrected chi connectivity index (χ0v) is 16.7. The lowest BCUT2D eigenvalue weighted by Crippen LogP contribution is -2.13. The van der Waals surface area contributed by atoms with Crippen LogP contribution in [-0.2, 0) is 0 Å². The first-order chi connectivity index (χ1) is 14.4. The number of furan rings is 1. The summed E-state index contributed by atoms with van der Waals surface area (Å²) >= 11 is 0. The van der Waals surface area contributed by atoms with Crippen LogP contribution in [0.5, 0.6) is 5.75 Å². The number of hydrogen-bond acceptors (Lipinski definition) is 6. The molecular formula is C22H20FN3O4. The van der Waals surface area contributed by atoms with Crippen molar-refractivity contribution < 1.29 is 23.0 Å². The molecule has 0 aliphatic carbocycles. The number of carbonyl (C=O) groups is 1. The molecule has 0 atom stereocenters. The molecule has 0 unspecified atom stereocenters. The number of amides is 1. The third kappa shape index (κ3) is 3.89. The number of fused-ring (bicyclic) bond motifs is 1. The lowest BCUT2D eigenvalue weighted by molar-refractivity contribution is 0.0997. The van der Waals surface area contributed by atoms with Crippen molar-refractivity contribution in [2.75, 3.05) is 11.9 Å². The Labute approximate surface area is 171 Å². The predicted octanol–water partition coefficient (Wildman–Crippen LogP) is 5.22. The van der Waals surface area contributed by atoms with Crippen molar-refractivity contribution in [3.8, 4) is 17.0 Å². The quantitative estimate of drug-likeness (QED) is 0.470. The lowest BCUT2D eigenvalue weighted by Gasteiger charge is -2.08. The summed E-state index contributed by atoms with van der Waals surface area (Å²) in [6, 6.07) is 11.3. The highest BCUT2D eigenvalue weighted by Gasteiger charge is 2.22. The first kappa shape index (κ1) is 19.6. The summed E-state index contributed by atoms with van der Waals surface area (Å²) in [7, 11) is 0. The molecule has 2 heterocycles. The van der Waals surface area contributed by atoms with Crippen LogP contribution < -0.4 is 10.1 Å². The molecule has 0 fully saturated rings. The maximum atomic E-state index is 13.5. The maximum absolute atomic E-state index is 13.5. The molecule has 1 amide bonds. The van der Waals surface area contributed by atoms with Gasteiger partial charge in [-0.2, -0.15) is 0 Å². The van der Waals surface area contributed by atoms with Crippen LogP contribution >= 0.6 is 0 Å². The van der Waals surface area contributed by atoms with E-state index in [1.807, 2.05) is 12.1 Å². The van der Waals surface area contributed by atoms with Gasteiger partial charge in [0.15, 0.2) is 11.5 Å². The first-order valence-electron chi connectivity index (χ1n) is 9.48. The van der Waals surface area contributed by atoms with E-state index in [2.05, 4.69) is 29.5 Å². The monoisotopic (exact) mass is 409 g/mol. The molecule has 1 N–H and O–H groups in total. The summed E-state index contributed by atoms with van der Waals surface area (Å²) in [4.78, 5) is 12.7. The molecular weight excluding hydrogens is 389 g/mol. The molecule has 0 radical (unpaired) electrons. The van der Waals surface area contributed by atoms with Crippen molar-refractivity contribution in [3.63, 3.8) is 0 Å². The third-order valence-corrected chi connectivity index (χ3v) is 4.54. The van der Waals surface area contributed by atoms with Gasteiger partial charge in [0.25, 0.3) is 5.91 Å². The molecule has 2 aromatic carbocycles. The standard InChI is InChI=1S/C22H20FN3O4/c1-12(2)11-28-16-7-4-14(5-8-16)19-21(26-30-25-19)24-22(27)20-13(3)17-10-15(23)6-9-18(17)29-20/h4-10,12H,11H2,1-3H3,(H,24,26,27). The molecule has 0 bridgehead atoms. The summed E-state index contributed by atoms with van der Waals surface area (Å²) in [6.45, 7) is 6.46. The molecule has 8 heteroatoms. The second-order valence-corrected chi connectivity index (χ2v) is 7.34.